The van der Waals surface area contributed by atoms with E-state index in [1.165, 1.54) is 17.4 Å². The first-order valence-electron chi connectivity index (χ1n) is 7.86. The maximum Gasteiger partial charge on any atom is 0.266 e. The first-order chi connectivity index (χ1) is 13.2. The van der Waals surface area contributed by atoms with Crippen LogP contribution in [-0.2, 0) is 27.8 Å². The largest absolute Gasteiger partial charge is 0.486 e. The second-order valence-corrected chi connectivity index (χ2v) is 10.6. The average molecular weight is 477 g/mol. The highest BCUT2D eigenvalue weighted by atomic mass is 35.5. The number of halogens is 2. The molecule has 2 aromatic heterocycles. The fraction of sp³-hybridized carbons (Fsp3) is 0.176. The molecule has 0 spiro atoms. The molecule has 0 atom stereocenters. The van der Waals surface area contributed by atoms with Crippen LogP contribution in [0.1, 0.15) is 16.3 Å². The molecule has 0 aliphatic carbocycles. The Hall–Kier alpha value is -1.65. The van der Waals surface area contributed by atoms with Crippen LogP contribution in [0.5, 0.6) is 5.75 Å². The van der Waals surface area contributed by atoms with Gasteiger partial charge >= 0.3 is 0 Å². The summed E-state index contributed by atoms with van der Waals surface area (Å²) in [7, 11) is -4.09. The minimum absolute atomic E-state index is 0.00509. The van der Waals surface area contributed by atoms with Gasteiger partial charge in [-0.1, -0.05) is 40.9 Å². The Balaban J connectivity index is 1.57. The Labute approximate surface area is 180 Å². The highest BCUT2D eigenvalue weighted by Gasteiger charge is 2.23. The first-order valence-corrected chi connectivity index (χ1v) is 11.8. The molecule has 0 fully saturated rings. The molecule has 6 nitrogen and oxygen atoms in total. The number of benzene rings is 1. The second-order valence-electron chi connectivity index (χ2n) is 5.73. The Morgan fingerprint density at radius 3 is 2.61 bits per heavy atom. The molecule has 0 unspecified atom stereocenters. The van der Waals surface area contributed by atoms with E-state index in [1.54, 1.807) is 5.38 Å². The molecule has 3 rings (SSSR count). The van der Waals surface area contributed by atoms with E-state index < -0.39 is 15.9 Å². The lowest BCUT2D eigenvalue weighted by Gasteiger charge is -2.05. The minimum Gasteiger partial charge on any atom is -0.486 e. The van der Waals surface area contributed by atoms with Crippen LogP contribution in [0, 0.1) is 6.92 Å². The van der Waals surface area contributed by atoms with Crippen molar-refractivity contribution >= 4 is 61.8 Å². The molecular weight excluding hydrogens is 463 g/mol. The van der Waals surface area contributed by atoms with Crippen LogP contribution in [0.4, 0.5) is 0 Å². The standard InChI is InChI=1S/C17H14Cl2N2O4S3/c1-10-2-4-12(5-3-10)25-8-16-20-11(9-26-16)6-15(22)21-28(23,24)13-7-14(18)27-17(13)19/h2-5,7,9H,6,8H2,1H3,(H,21,22). The van der Waals surface area contributed by atoms with Crippen LogP contribution >= 0.6 is 45.9 Å². The number of hydrogen-bond donors (Lipinski definition) is 1. The number of ether oxygens (including phenoxy) is 1. The van der Waals surface area contributed by atoms with Crippen molar-refractivity contribution in [2.75, 3.05) is 0 Å². The van der Waals surface area contributed by atoms with Crippen molar-refractivity contribution in [1.29, 1.82) is 0 Å². The zero-order valence-electron chi connectivity index (χ0n) is 14.4. The summed E-state index contributed by atoms with van der Waals surface area (Å²) < 4.78 is 32.3. The fourth-order valence-electron chi connectivity index (χ4n) is 2.19. The summed E-state index contributed by atoms with van der Waals surface area (Å²) in [6.45, 7) is 2.25. The average Bonchev–Trinajstić information content (AvgIpc) is 3.20. The van der Waals surface area contributed by atoms with E-state index in [9.17, 15) is 13.2 Å². The van der Waals surface area contributed by atoms with Gasteiger partial charge in [0.15, 0.2) is 0 Å². The van der Waals surface area contributed by atoms with Gasteiger partial charge in [0.25, 0.3) is 10.0 Å². The summed E-state index contributed by atoms with van der Waals surface area (Å²) in [5, 5.41) is 2.37. The van der Waals surface area contributed by atoms with Gasteiger partial charge in [0.2, 0.25) is 5.91 Å². The number of hydrogen-bond acceptors (Lipinski definition) is 7. The Kier molecular flexibility index (Phi) is 6.61. The van der Waals surface area contributed by atoms with Gasteiger partial charge in [0.1, 0.15) is 26.6 Å². The van der Waals surface area contributed by atoms with Gasteiger partial charge in [-0.25, -0.2) is 18.1 Å². The molecule has 11 heteroatoms. The number of thiazole rings is 1. The lowest BCUT2D eigenvalue weighted by molar-refractivity contribution is -0.118. The Morgan fingerprint density at radius 2 is 1.96 bits per heavy atom. The highest BCUT2D eigenvalue weighted by Crippen LogP contribution is 2.34. The molecule has 3 aromatic rings. The van der Waals surface area contributed by atoms with Crippen molar-refractivity contribution in [3.05, 3.63) is 60.6 Å². The smallest absolute Gasteiger partial charge is 0.266 e. The third-order valence-corrected chi connectivity index (χ3v) is 7.48. The van der Waals surface area contributed by atoms with Crippen LogP contribution < -0.4 is 9.46 Å². The lowest BCUT2D eigenvalue weighted by atomic mass is 10.2. The van der Waals surface area contributed by atoms with E-state index in [-0.39, 0.29) is 26.6 Å². The number of carbonyl (C=O) groups is 1. The molecule has 1 N–H and O–H groups in total. The number of amides is 1. The van der Waals surface area contributed by atoms with E-state index in [1.807, 2.05) is 35.9 Å². The predicted molar refractivity (Wildman–Crippen MR) is 111 cm³/mol. The van der Waals surface area contributed by atoms with E-state index in [4.69, 9.17) is 27.9 Å². The van der Waals surface area contributed by atoms with Crippen molar-refractivity contribution in [3.63, 3.8) is 0 Å². The van der Waals surface area contributed by atoms with Crippen molar-refractivity contribution < 1.29 is 17.9 Å². The monoisotopic (exact) mass is 476 g/mol. The summed E-state index contributed by atoms with van der Waals surface area (Å²) in [6, 6.07) is 8.82. The van der Waals surface area contributed by atoms with E-state index in [0.717, 1.165) is 22.6 Å². The Bertz CT molecular complexity index is 1090. The van der Waals surface area contributed by atoms with E-state index >= 15 is 0 Å². The topological polar surface area (TPSA) is 85.4 Å². The number of thiophene rings is 1. The molecule has 0 bridgehead atoms. The van der Waals surface area contributed by atoms with Gasteiger partial charge in [0, 0.05) is 5.38 Å². The second kappa shape index (κ2) is 8.79. The van der Waals surface area contributed by atoms with Crippen LogP contribution in [-0.4, -0.2) is 19.3 Å². The number of rotatable bonds is 7. The summed E-state index contributed by atoms with van der Waals surface area (Å²) in [5.41, 5.74) is 1.59. The van der Waals surface area contributed by atoms with Crippen LogP contribution in [0.2, 0.25) is 8.67 Å². The van der Waals surface area contributed by atoms with Gasteiger partial charge in [-0.05, 0) is 25.1 Å². The molecule has 0 radical (unpaired) electrons. The molecule has 0 saturated carbocycles. The molecule has 28 heavy (non-hydrogen) atoms. The van der Waals surface area contributed by atoms with E-state index in [0.29, 0.717) is 10.7 Å². The third kappa shape index (κ3) is 5.45. The molecule has 0 aliphatic rings. The molecular formula is C17H14Cl2N2O4S3. The van der Waals surface area contributed by atoms with Crippen molar-refractivity contribution in [3.8, 4) is 5.75 Å². The zero-order chi connectivity index (χ0) is 20.3. The van der Waals surface area contributed by atoms with Crippen molar-refractivity contribution in [2.24, 2.45) is 0 Å². The quantitative estimate of drug-likeness (QED) is 0.544. The molecule has 0 aliphatic heterocycles. The maximum absolute atomic E-state index is 12.2. The number of sulfonamides is 1. The van der Waals surface area contributed by atoms with Crippen LogP contribution in [0.3, 0.4) is 0 Å². The zero-order valence-corrected chi connectivity index (χ0v) is 18.4. The number of aryl methyl sites for hydroxylation is 1. The van der Waals surface area contributed by atoms with Crippen molar-refractivity contribution in [2.45, 2.75) is 24.8 Å². The maximum atomic E-state index is 12.2. The highest BCUT2D eigenvalue weighted by molar-refractivity contribution is 7.90. The van der Waals surface area contributed by atoms with Crippen LogP contribution in [0.25, 0.3) is 0 Å². The third-order valence-electron chi connectivity index (χ3n) is 3.49. The molecule has 148 valence electrons. The number of carbonyl (C=O) groups excluding carboxylic acids is 1. The number of nitrogens with zero attached hydrogens (tertiary/aromatic N) is 1. The molecule has 2 heterocycles. The van der Waals surface area contributed by atoms with Gasteiger partial charge in [0.05, 0.1) is 16.5 Å². The molecule has 1 amide bonds. The molecule has 0 saturated heterocycles. The normalized spacial score (nSPS) is 11.4. The van der Waals surface area contributed by atoms with Gasteiger partial charge in [-0.3, -0.25) is 4.79 Å². The SMILES string of the molecule is Cc1ccc(OCc2nc(CC(=O)NS(=O)(=O)c3cc(Cl)sc3Cl)cs2)cc1. The summed E-state index contributed by atoms with van der Waals surface area (Å²) in [5.74, 6) is 0.00665. The summed E-state index contributed by atoms with van der Waals surface area (Å²) in [4.78, 5) is 16.2. The fourth-order valence-corrected chi connectivity index (χ4v) is 6.03. The minimum atomic E-state index is -4.09. The number of nitrogens with one attached hydrogen (secondary N) is 1. The summed E-state index contributed by atoms with van der Waals surface area (Å²) >= 11 is 13.9. The van der Waals surface area contributed by atoms with Gasteiger partial charge in [-0.15, -0.1) is 22.7 Å². The van der Waals surface area contributed by atoms with Gasteiger partial charge in [-0.2, -0.15) is 0 Å². The first kappa shape index (κ1) is 21.1. The van der Waals surface area contributed by atoms with Crippen molar-refractivity contribution in [1.82, 2.24) is 9.71 Å². The Morgan fingerprint density at radius 1 is 1.25 bits per heavy atom. The molecule has 1 aromatic carbocycles. The lowest BCUT2D eigenvalue weighted by Crippen LogP contribution is -2.31. The van der Waals surface area contributed by atoms with E-state index in [2.05, 4.69) is 4.98 Å². The summed E-state index contributed by atoms with van der Waals surface area (Å²) in [6.07, 6.45) is -0.185. The predicted octanol–water partition coefficient (Wildman–Crippen LogP) is 4.45. The van der Waals surface area contributed by atoms with Gasteiger partial charge < -0.3 is 4.74 Å². The number of aromatic nitrogens is 1. The van der Waals surface area contributed by atoms with Crippen LogP contribution in [0.15, 0.2) is 40.6 Å².